The predicted molar refractivity (Wildman–Crippen MR) is 95.3 cm³/mol. The summed E-state index contributed by atoms with van der Waals surface area (Å²) in [6, 6.07) is 3.21. The van der Waals surface area contributed by atoms with E-state index in [2.05, 4.69) is 31.9 Å². The Morgan fingerprint density at radius 3 is 2.17 bits per heavy atom. The van der Waals surface area contributed by atoms with Gasteiger partial charge in [0.25, 0.3) is 0 Å². The Balaban J connectivity index is 2.70. The normalized spacial score (nSPS) is 13.8. The van der Waals surface area contributed by atoms with Gasteiger partial charge in [-0.05, 0) is 56.1 Å². The zero-order valence-corrected chi connectivity index (χ0v) is 15.9. The highest BCUT2D eigenvalue weighted by molar-refractivity contribution is 9.11. The predicted octanol–water partition coefficient (Wildman–Crippen LogP) is 3.41. The van der Waals surface area contributed by atoms with Crippen molar-refractivity contribution in [3.8, 4) is 5.75 Å². The summed E-state index contributed by atoms with van der Waals surface area (Å²) in [7, 11) is 2.46. The average Bonchev–Trinajstić information content (AvgIpc) is 2.80. The van der Waals surface area contributed by atoms with Crippen LogP contribution in [0.2, 0.25) is 0 Å². The summed E-state index contributed by atoms with van der Waals surface area (Å²) < 4.78 is 10.4. The molecular weight excluding hydrogens is 446 g/mol. The van der Waals surface area contributed by atoms with E-state index < -0.39 is 11.9 Å². The number of allylic oxidation sites excluding steroid dienone is 2. The lowest BCUT2D eigenvalue weighted by Gasteiger charge is -2.23. The van der Waals surface area contributed by atoms with Crippen molar-refractivity contribution in [1.29, 1.82) is 0 Å². The molecular formula is C16H13Br2NO5. The van der Waals surface area contributed by atoms with Crippen LogP contribution in [0, 0.1) is 0 Å². The molecule has 0 saturated carbocycles. The Kier molecular flexibility index (Phi) is 5.84. The van der Waals surface area contributed by atoms with Crippen molar-refractivity contribution in [3.63, 3.8) is 0 Å². The lowest BCUT2D eigenvalue weighted by atomic mass is 10.1. The van der Waals surface area contributed by atoms with Gasteiger partial charge >= 0.3 is 11.9 Å². The van der Waals surface area contributed by atoms with Crippen LogP contribution in [0.3, 0.4) is 0 Å². The van der Waals surface area contributed by atoms with Gasteiger partial charge < -0.3 is 19.5 Å². The summed E-state index contributed by atoms with van der Waals surface area (Å²) >= 11 is 6.49. The third-order valence-corrected chi connectivity index (χ3v) is 4.38. The smallest absolute Gasteiger partial charge is 0.355 e. The van der Waals surface area contributed by atoms with E-state index in [0.717, 1.165) is 0 Å². The number of nitrogens with zero attached hydrogens (tertiary/aromatic N) is 1. The minimum Gasteiger partial charge on any atom is -0.506 e. The first-order valence-corrected chi connectivity index (χ1v) is 8.22. The van der Waals surface area contributed by atoms with E-state index in [-0.39, 0.29) is 17.0 Å². The van der Waals surface area contributed by atoms with Crippen molar-refractivity contribution in [1.82, 2.24) is 0 Å². The van der Waals surface area contributed by atoms with Crippen molar-refractivity contribution >= 4 is 49.5 Å². The number of ether oxygens (including phenoxy) is 2. The molecule has 0 radical (unpaired) electrons. The molecule has 1 heterocycles. The number of carbonyl (C=O) groups excluding carboxylic acids is 2. The topological polar surface area (TPSA) is 76.1 Å². The average molecular weight is 459 g/mol. The molecule has 8 heteroatoms. The van der Waals surface area contributed by atoms with Gasteiger partial charge in [0, 0.05) is 11.9 Å². The van der Waals surface area contributed by atoms with E-state index in [1.165, 1.54) is 25.2 Å². The number of benzene rings is 1. The van der Waals surface area contributed by atoms with Crippen LogP contribution < -0.4 is 4.90 Å². The number of carbonyl (C=O) groups is 2. The zero-order chi connectivity index (χ0) is 17.9. The van der Waals surface area contributed by atoms with Gasteiger partial charge in [0.15, 0.2) is 0 Å². The third kappa shape index (κ3) is 3.54. The molecule has 126 valence electrons. The van der Waals surface area contributed by atoms with E-state index in [0.29, 0.717) is 14.6 Å². The number of methoxy groups -OCH3 is 2. The molecule has 1 aromatic carbocycles. The molecule has 0 aromatic heterocycles. The van der Waals surface area contributed by atoms with E-state index in [9.17, 15) is 14.7 Å². The number of rotatable bonds is 3. The second kappa shape index (κ2) is 7.67. The molecule has 2 rings (SSSR count). The van der Waals surface area contributed by atoms with Gasteiger partial charge in [0.2, 0.25) is 0 Å². The minimum absolute atomic E-state index is 0.00107. The van der Waals surface area contributed by atoms with Crippen LogP contribution in [0.25, 0.3) is 0 Å². The maximum Gasteiger partial charge on any atom is 0.355 e. The summed E-state index contributed by atoms with van der Waals surface area (Å²) in [5.41, 5.74) is 0.571. The Morgan fingerprint density at radius 2 is 1.62 bits per heavy atom. The summed E-state index contributed by atoms with van der Waals surface area (Å²) in [6.07, 6.45) is 6.34. The van der Waals surface area contributed by atoms with Crippen LogP contribution >= 0.6 is 31.9 Å². The maximum absolute atomic E-state index is 12.3. The number of aromatic hydroxyl groups is 1. The van der Waals surface area contributed by atoms with Gasteiger partial charge in [-0.25, -0.2) is 9.59 Å². The molecule has 0 amide bonds. The molecule has 1 aromatic rings. The zero-order valence-electron chi connectivity index (χ0n) is 12.7. The molecule has 0 atom stereocenters. The molecule has 0 saturated heterocycles. The molecule has 24 heavy (non-hydrogen) atoms. The monoisotopic (exact) mass is 457 g/mol. The second-order valence-corrected chi connectivity index (χ2v) is 6.28. The first-order valence-electron chi connectivity index (χ1n) is 6.63. The number of esters is 2. The fourth-order valence-electron chi connectivity index (χ4n) is 2.06. The van der Waals surface area contributed by atoms with Gasteiger partial charge in [-0.3, -0.25) is 0 Å². The first-order chi connectivity index (χ1) is 11.4. The lowest BCUT2D eigenvalue weighted by molar-refractivity contribution is -0.139. The standard InChI is InChI=1S/C16H13Br2NO5/c1-23-15(21)10-5-3-4-6-19(13(10)16(22)24-2)9-7-11(17)14(20)12(18)8-9/h3-8,20H,1-2H3. The maximum atomic E-state index is 12.3. The number of anilines is 1. The van der Waals surface area contributed by atoms with Crippen LogP contribution in [0.5, 0.6) is 5.75 Å². The molecule has 6 nitrogen and oxygen atoms in total. The Bertz CT molecular complexity index is 760. The van der Waals surface area contributed by atoms with Gasteiger partial charge in [-0.2, -0.15) is 0 Å². The Morgan fingerprint density at radius 1 is 1.04 bits per heavy atom. The van der Waals surface area contributed by atoms with Crippen LogP contribution in [0.4, 0.5) is 5.69 Å². The van der Waals surface area contributed by atoms with E-state index in [1.807, 2.05) is 0 Å². The van der Waals surface area contributed by atoms with Crippen molar-refractivity contribution in [3.05, 3.63) is 56.8 Å². The van der Waals surface area contributed by atoms with Gasteiger partial charge in [-0.15, -0.1) is 0 Å². The van der Waals surface area contributed by atoms with Gasteiger partial charge in [-0.1, -0.05) is 6.08 Å². The lowest BCUT2D eigenvalue weighted by Crippen LogP contribution is -2.27. The Hall–Kier alpha value is -2.06. The van der Waals surface area contributed by atoms with Crippen LogP contribution in [-0.2, 0) is 19.1 Å². The largest absolute Gasteiger partial charge is 0.506 e. The van der Waals surface area contributed by atoms with Crippen molar-refractivity contribution in [2.45, 2.75) is 0 Å². The van der Waals surface area contributed by atoms with Crippen molar-refractivity contribution in [2.24, 2.45) is 0 Å². The molecule has 0 fully saturated rings. The van der Waals surface area contributed by atoms with E-state index >= 15 is 0 Å². The second-order valence-electron chi connectivity index (χ2n) is 4.57. The van der Waals surface area contributed by atoms with Crippen LogP contribution in [0.1, 0.15) is 0 Å². The van der Waals surface area contributed by atoms with E-state index in [4.69, 9.17) is 9.47 Å². The summed E-state index contributed by atoms with van der Waals surface area (Å²) in [5, 5.41) is 9.86. The van der Waals surface area contributed by atoms with Crippen LogP contribution in [0.15, 0.2) is 56.8 Å². The molecule has 1 N–H and O–H groups in total. The summed E-state index contributed by atoms with van der Waals surface area (Å²) in [4.78, 5) is 25.8. The molecule has 0 aliphatic carbocycles. The Labute approximate surface area is 155 Å². The van der Waals surface area contributed by atoms with Gasteiger partial charge in [0.05, 0.1) is 28.7 Å². The minimum atomic E-state index is -0.702. The van der Waals surface area contributed by atoms with Crippen molar-refractivity contribution in [2.75, 3.05) is 19.1 Å². The quantitative estimate of drug-likeness (QED) is 0.699. The highest BCUT2D eigenvalue weighted by Crippen LogP contribution is 2.38. The molecule has 1 aliphatic heterocycles. The highest BCUT2D eigenvalue weighted by atomic mass is 79.9. The van der Waals surface area contributed by atoms with Gasteiger partial charge in [0.1, 0.15) is 11.4 Å². The number of hydrogen-bond acceptors (Lipinski definition) is 6. The first kappa shape index (κ1) is 18.3. The van der Waals surface area contributed by atoms with Crippen LogP contribution in [-0.4, -0.2) is 31.3 Å². The third-order valence-electron chi connectivity index (χ3n) is 3.17. The molecule has 0 unspecified atom stereocenters. The molecule has 0 bridgehead atoms. The summed E-state index contributed by atoms with van der Waals surface area (Å²) in [6.45, 7) is 0. The summed E-state index contributed by atoms with van der Waals surface area (Å²) in [5.74, 6) is -1.35. The number of phenols is 1. The SMILES string of the molecule is COC(=O)C1=C(C(=O)OC)N(c2cc(Br)c(O)c(Br)c2)C=CC=C1. The molecule has 0 spiro atoms. The number of halogens is 2. The number of phenolic OH excluding ortho intramolecular Hbond substituents is 1. The fraction of sp³-hybridized carbons (Fsp3) is 0.125. The molecule has 1 aliphatic rings. The number of hydrogen-bond donors (Lipinski definition) is 1. The van der Waals surface area contributed by atoms with Crippen molar-refractivity contribution < 1.29 is 24.2 Å². The van der Waals surface area contributed by atoms with E-state index in [1.54, 1.807) is 30.5 Å². The highest BCUT2D eigenvalue weighted by Gasteiger charge is 2.28. The fourth-order valence-corrected chi connectivity index (χ4v) is 3.22.